The van der Waals surface area contributed by atoms with Gasteiger partial charge in [-0.15, -0.1) is 0 Å². The Balaban J connectivity index is 1.68. The molecule has 3 rings (SSSR count). The summed E-state index contributed by atoms with van der Waals surface area (Å²) >= 11 is 0. The maximum absolute atomic E-state index is 13.0. The molecule has 0 aliphatic carbocycles. The highest BCUT2D eigenvalue weighted by molar-refractivity contribution is 5.89. The van der Waals surface area contributed by atoms with Gasteiger partial charge in [0.1, 0.15) is 0 Å². The van der Waals surface area contributed by atoms with Crippen LogP contribution in [-0.2, 0) is 15.8 Å². The first-order chi connectivity index (χ1) is 12.4. The normalized spacial score (nSPS) is 22.4. The number of benzene rings is 1. The van der Waals surface area contributed by atoms with Gasteiger partial charge in [-0.05, 0) is 24.6 Å². The first-order valence-corrected chi connectivity index (χ1v) is 8.28. The second-order valence-electron chi connectivity index (χ2n) is 6.94. The van der Waals surface area contributed by atoms with Crippen molar-refractivity contribution >= 4 is 11.8 Å². The van der Waals surface area contributed by atoms with Gasteiger partial charge in [-0.1, -0.05) is 11.6 Å². The van der Waals surface area contributed by atoms with Crippen LogP contribution in [0.15, 0.2) is 30.5 Å². The molecule has 0 bridgehead atoms. The average molecular weight is 388 g/mol. The molecule has 0 spiro atoms. The van der Waals surface area contributed by atoms with Crippen molar-refractivity contribution in [2.24, 2.45) is 0 Å². The third-order valence-corrected chi connectivity index (χ3v) is 4.61. The van der Waals surface area contributed by atoms with Gasteiger partial charge in [-0.25, -0.2) is 8.78 Å². The summed E-state index contributed by atoms with van der Waals surface area (Å²) in [6.07, 6.45) is -2.22. The molecule has 0 saturated carbocycles. The highest BCUT2D eigenvalue weighted by Gasteiger charge is 2.45. The van der Waals surface area contributed by atoms with Gasteiger partial charge in [-0.2, -0.15) is 13.2 Å². The Morgan fingerprint density at radius 2 is 1.89 bits per heavy atom. The van der Waals surface area contributed by atoms with Crippen LogP contribution in [0.4, 0.5) is 22.0 Å². The number of alkyl halides is 5. The number of carbonyl (C=O) groups excluding carboxylic acids is 2. The van der Waals surface area contributed by atoms with E-state index in [1.165, 1.54) is 11.1 Å². The van der Waals surface area contributed by atoms with Crippen LogP contribution in [0.3, 0.4) is 0 Å². The molecule has 1 aromatic rings. The number of likely N-dealkylation sites (tertiary alicyclic amines) is 2. The zero-order valence-corrected chi connectivity index (χ0v) is 14.4. The summed E-state index contributed by atoms with van der Waals surface area (Å²) in [6, 6.07) is 3.68. The van der Waals surface area contributed by atoms with Crippen LogP contribution in [0, 0.1) is 6.92 Å². The number of carbonyl (C=O) groups is 2. The molecule has 9 heteroatoms. The van der Waals surface area contributed by atoms with E-state index >= 15 is 0 Å². The maximum atomic E-state index is 13.0. The monoisotopic (exact) mass is 388 g/mol. The zero-order chi connectivity index (χ0) is 20.0. The van der Waals surface area contributed by atoms with Gasteiger partial charge in [0.15, 0.2) is 0 Å². The quantitative estimate of drug-likeness (QED) is 0.589. The molecule has 2 aliphatic rings. The molecule has 1 aromatic carbocycles. The van der Waals surface area contributed by atoms with Crippen LogP contribution in [0.25, 0.3) is 0 Å². The summed E-state index contributed by atoms with van der Waals surface area (Å²) in [5, 5.41) is 0. The number of halogens is 5. The lowest BCUT2D eigenvalue weighted by molar-refractivity contribution is -0.160. The molecule has 1 atom stereocenters. The van der Waals surface area contributed by atoms with Gasteiger partial charge >= 0.3 is 6.18 Å². The largest absolute Gasteiger partial charge is 0.416 e. The molecule has 0 radical (unpaired) electrons. The molecular weight excluding hydrogens is 371 g/mol. The van der Waals surface area contributed by atoms with Crippen LogP contribution >= 0.6 is 0 Å². The van der Waals surface area contributed by atoms with Crippen molar-refractivity contribution in [3.05, 3.63) is 47.2 Å². The third kappa shape index (κ3) is 4.28. The fourth-order valence-corrected chi connectivity index (χ4v) is 3.24. The fourth-order valence-electron chi connectivity index (χ4n) is 3.24. The Bertz CT molecular complexity index is 795. The predicted octanol–water partition coefficient (Wildman–Crippen LogP) is 3.32. The smallest absolute Gasteiger partial charge is 0.327 e. The van der Waals surface area contributed by atoms with Gasteiger partial charge in [0, 0.05) is 31.2 Å². The summed E-state index contributed by atoms with van der Waals surface area (Å²) in [4.78, 5) is 26.1. The molecule has 1 unspecified atom stereocenters. The minimum Gasteiger partial charge on any atom is -0.327 e. The lowest BCUT2D eigenvalue weighted by Crippen LogP contribution is -2.58. The molecular formula is C18H17F5N2O2. The molecule has 0 aromatic heterocycles. The number of nitrogens with zero attached hydrogens (tertiary/aromatic N) is 2. The van der Waals surface area contributed by atoms with Gasteiger partial charge in [-0.3, -0.25) is 9.59 Å². The van der Waals surface area contributed by atoms with E-state index in [4.69, 9.17) is 0 Å². The molecule has 27 heavy (non-hydrogen) atoms. The number of amides is 2. The Morgan fingerprint density at radius 3 is 2.48 bits per heavy atom. The van der Waals surface area contributed by atoms with Crippen LogP contribution in [0.1, 0.15) is 29.0 Å². The maximum Gasteiger partial charge on any atom is 0.416 e. The van der Waals surface area contributed by atoms with E-state index in [0.29, 0.717) is 11.1 Å². The Hall–Kier alpha value is -2.45. The topological polar surface area (TPSA) is 40.6 Å². The van der Waals surface area contributed by atoms with Gasteiger partial charge in [0.25, 0.3) is 5.92 Å². The minimum absolute atomic E-state index is 0.0149. The summed E-state index contributed by atoms with van der Waals surface area (Å²) in [7, 11) is 0. The van der Waals surface area contributed by atoms with Crippen molar-refractivity contribution in [1.82, 2.24) is 9.80 Å². The SMILES string of the molecule is Cc1cc(C2CC(=O)N(/C=C\C(=O)N3CC(F)(F)C3)C2)cc(C(F)(F)F)c1. The molecule has 2 aliphatic heterocycles. The highest BCUT2D eigenvalue weighted by atomic mass is 19.4. The minimum atomic E-state index is -4.48. The summed E-state index contributed by atoms with van der Waals surface area (Å²) in [6.45, 7) is 0.362. The molecule has 0 N–H and O–H groups in total. The van der Waals surface area contributed by atoms with E-state index in [1.54, 1.807) is 13.0 Å². The van der Waals surface area contributed by atoms with Crippen LogP contribution in [-0.4, -0.2) is 47.2 Å². The lowest BCUT2D eigenvalue weighted by Gasteiger charge is -2.38. The van der Waals surface area contributed by atoms with Crippen LogP contribution < -0.4 is 0 Å². The van der Waals surface area contributed by atoms with E-state index in [1.807, 2.05) is 0 Å². The van der Waals surface area contributed by atoms with Gasteiger partial charge in [0.05, 0.1) is 18.7 Å². The van der Waals surface area contributed by atoms with E-state index in [-0.39, 0.29) is 18.9 Å². The Morgan fingerprint density at radius 1 is 1.22 bits per heavy atom. The summed E-state index contributed by atoms with van der Waals surface area (Å²) < 4.78 is 64.5. The molecule has 2 amide bonds. The standard InChI is InChI=1S/C18H17F5N2O2/c1-11-4-12(6-14(5-11)18(21,22)23)13-7-16(27)24(8-13)3-2-15(26)25-9-17(19,20)10-25/h2-6,13H,7-10H2,1H3/b3-2-. The van der Waals surface area contributed by atoms with Crippen LogP contribution in [0.2, 0.25) is 0 Å². The van der Waals surface area contributed by atoms with Crippen LogP contribution in [0.5, 0.6) is 0 Å². The lowest BCUT2D eigenvalue weighted by atomic mass is 9.94. The van der Waals surface area contributed by atoms with Crippen molar-refractivity contribution < 1.29 is 31.5 Å². The summed E-state index contributed by atoms with van der Waals surface area (Å²) in [5.41, 5.74) is 0.0725. The average Bonchev–Trinajstić information content (AvgIpc) is 2.90. The third-order valence-electron chi connectivity index (χ3n) is 4.61. The number of hydrogen-bond donors (Lipinski definition) is 0. The molecule has 146 valence electrons. The second-order valence-corrected chi connectivity index (χ2v) is 6.94. The van der Waals surface area contributed by atoms with E-state index in [2.05, 4.69) is 0 Å². The molecule has 4 nitrogen and oxygen atoms in total. The van der Waals surface area contributed by atoms with E-state index in [9.17, 15) is 31.5 Å². The second kappa shape index (κ2) is 6.61. The van der Waals surface area contributed by atoms with E-state index in [0.717, 1.165) is 23.1 Å². The fraction of sp³-hybridized carbons (Fsp3) is 0.444. The van der Waals surface area contributed by atoms with Crippen molar-refractivity contribution in [3.8, 4) is 0 Å². The number of rotatable bonds is 3. The summed E-state index contributed by atoms with van der Waals surface area (Å²) in [5.74, 6) is -4.29. The first-order valence-electron chi connectivity index (χ1n) is 8.28. The molecule has 2 saturated heterocycles. The first kappa shape index (κ1) is 19.3. The van der Waals surface area contributed by atoms with Gasteiger partial charge in [0.2, 0.25) is 11.8 Å². The molecule has 2 heterocycles. The van der Waals surface area contributed by atoms with Gasteiger partial charge < -0.3 is 9.80 Å². The number of hydrogen-bond acceptors (Lipinski definition) is 2. The van der Waals surface area contributed by atoms with Crippen molar-refractivity contribution in [1.29, 1.82) is 0 Å². The van der Waals surface area contributed by atoms with Crippen molar-refractivity contribution in [2.45, 2.75) is 31.4 Å². The Labute approximate surface area is 152 Å². The zero-order valence-electron chi connectivity index (χ0n) is 14.4. The van der Waals surface area contributed by atoms with E-state index < -0.39 is 42.6 Å². The predicted molar refractivity (Wildman–Crippen MR) is 85.9 cm³/mol. The number of aryl methyl sites for hydroxylation is 1. The van der Waals surface area contributed by atoms with Crippen molar-refractivity contribution in [3.63, 3.8) is 0 Å². The Kier molecular flexibility index (Phi) is 4.73. The van der Waals surface area contributed by atoms with Crippen molar-refractivity contribution in [2.75, 3.05) is 19.6 Å². The highest BCUT2D eigenvalue weighted by Crippen LogP contribution is 2.35. The molecule has 2 fully saturated rings.